The molecule has 16 rings (SSSR count). The summed E-state index contributed by atoms with van der Waals surface area (Å²) in [5.74, 6) is 11.0. The van der Waals surface area contributed by atoms with Gasteiger partial charge in [0.1, 0.15) is 16.8 Å². The molecule has 6 aliphatic heterocycles. The molecule has 16 aliphatic rings. The molecular formula is C96H156O19. The van der Waals surface area contributed by atoms with E-state index >= 15 is 0 Å². The van der Waals surface area contributed by atoms with Crippen LogP contribution < -0.4 is 0 Å². The lowest BCUT2D eigenvalue weighted by Gasteiger charge is -2.40. The van der Waals surface area contributed by atoms with Gasteiger partial charge in [-0.05, 0) is 270 Å². The van der Waals surface area contributed by atoms with Crippen molar-refractivity contribution >= 4 is 41.8 Å². The fourth-order valence-electron chi connectivity index (χ4n) is 30.3. The summed E-state index contributed by atoms with van der Waals surface area (Å²) in [6.45, 7) is 41.2. The van der Waals surface area contributed by atoms with Crippen LogP contribution in [0.4, 0.5) is 0 Å². The van der Waals surface area contributed by atoms with Crippen LogP contribution in [0.3, 0.4) is 0 Å². The van der Waals surface area contributed by atoms with Crippen molar-refractivity contribution in [3.05, 3.63) is 0 Å². The van der Waals surface area contributed by atoms with Gasteiger partial charge in [0.05, 0.1) is 125 Å². The summed E-state index contributed by atoms with van der Waals surface area (Å²) in [6, 6.07) is 0. The number of carbonyl (C=O) groups is 7. The van der Waals surface area contributed by atoms with Gasteiger partial charge in [-0.2, -0.15) is 0 Å². The number of carbonyl (C=O) groups excluding carboxylic acids is 7. The zero-order valence-electron chi connectivity index (χ0n) is 75.2. The van der Waals surface area contributed by atoms with E-state index in [1.165, 1.54) is 85.5 Å². The van der Waals surface area contributed by atoms with Crippen LogP contribution in [-0.4, -0.2) is 149 Å². The Hall–Kier alpha value is -3.91. The molecule has 6 saturated heterocycles. The van der Waals surface area contributed by atoms with E-state index in [-0.39, 0.29) is 137 Å². The molecule has 6 heterocycles. The van der Waals surface area contributed by atoms with Gasteiger partial charge in [0.2, 0.25) is 0 Å². The fourth-order valence-corrected chi connectivity index (χ4v) is 30.3. The molecule has 16 fully saturated rings. The molecule has 0 spiro atoms. The predicted octanol–water partition coefficient (Wildman–Crippen LogP) is 17.8. The molecule has 39 unspecified atom stereocenters. The Morgan fingerprint density at radius 1 is 0.357 bits per heavy atom. The van der Waals surface area contributed by atoms with Crippen molar-refractivity contribution in [3.8, 4) is 0 Å². The number of fused-ring (bicyclic) bond motifs is 25. The van der Waals surface area contributed by atoms with Crippen molar-refractivity contribution in [1.82, 2.24) is 0 Å². The summed E-state index contributed by atoms with van der Waals surface area (Å²) < 4.78 is 68.5. The lowest BCUT2D eigenvalue weighted by atomic mass is 9.65. The van der Waals surface area contributed by atoms with Crippen LogP contribution in [0.5, 0.6) is 0 Å². The van der Waals surface area contributed by atoms with Gasteiger partial charge < -0.3 is 56.8 Å². The monoisotopic (exact) mass is 1610 g/mol. The minimum atomic E-state index is -0.523. The third-order valence-electron chi connectivity index (χ3n) is 34.2. The Bertz CT molecular complexity index is 3310. The molecule has 0 amide bonds. The van der Waals surface area contributed by atoms with E-state index in [0.29, 0.717) is 125 Å². The third-order valence-corrected chi connectivity index (χ3v) is 34.2. The largest absolute Gasteiger partial charge is 0.469 e. The van der Waals surface area contributed by atoms with E-state index in [1.54, 1.807) is 7.11 Å². The molecule has 10 aliphatic carbocycles. The van der Waals surface area contributed by atoms with Gasteiger partial charge in [0.25, 0.3) is 0 Å². The lowest BCUT2D eigenvalue weighted by molar-refractivity contribution is -0.176. The van der Waals surface area contributed by atoms with Gasteiger partial charge in [-0.1, -0.05) is 122 Å². The first kappa shape index (κ1) is 90.3. The molecule has 0 aromatic rings. The maximum absolute atomic E-state index is 13.5. The minimum absolute atomic E-state index is 0.000509. The zero-order valence-corrected chi connectivity index (χ0v) is 75.2. The van der Waals surface area contributed by atoms with Crippen molar-refractivity contribution in [2.24, 2.45) is 183 Å². The molecular weight excluding hydrogens is 1460 g/mol. The summed E-state index contributed by atoms with van der Waals surface area (Å²) >= 11 is 0. The van der Waals surface area contributed by atoms with Gasteiger partial charge in [0, 0.05) is 30.8 Å². The van der Waals surface area contributed by atoms with Gasteiger partial charge in [-0.25, -0.2) is 0 Å². The second kappa shape index (κ2) is 37.0. The summed E-state index contributed by atoms with van der Waals surface area (Å²) in [7, 11) is 6.22. The van der Waals surface area contributed by atoms with E-state index in [2.05, 4.69) is 83.1 Å². The molecule has 0 radical (unpaired) electrons. The normalized spacial score (nSPS) is 45.2. The van der Waals surface area contributed by atoms with E-state index in [1.807, 2.05) is 48.5 Å². The lowest BCUT2D eigenvalue weighted by Crippen LogP contribution is -2.46. The number of hydrogen-bond donors (Lipinski definition) is 0. The van der Waals surface area contributed by atoms with Crippen molar-refractivity contribution in [1.29, 1.82) is 0 Å². The maximum Gasteiger partial charge on any atom is 0.312 e. The minimum Gasteiger partial charge on any atom is -0.469 e. The van der Waals surface area contributed by atoms with Crippen molar-refractivity contribution < 1.29 is 90.4 Å². The highest BCUT2D eigenvalue weighted by Gasteiger charge is 2.72. The number of esters is 7. The molecule has 0 N–H and O–H groups in total. The van der Waals surface area contributed by atoms with Gasteiger partial charge in [-0.3, -0.25) is 33.6 Å². The molecule has 0 aromatic carbocycles. The van der Waals surface area contributed by atoms with Crippen molar-refractivity contribution in [2.45, 2.75) is 338 Å². The standard InChI is InChI=1S/C24H38O4.C21H34O4.C18H30O3.C17H28O4.C16H26O4/c1-5-14-12-15(6-2)19-17-13-16(18(14)19)20(22(25)27-4)21(17)23(26)28-24(7-3)10-8-9-11-24;1-7-11-9-12(8-2)16-14-10-13(15(11)16)17(19(22)24-6)18(14)20(23)25-21(3,4)5;1-5-10-7-11(6-2)16-13-8-12(15(10)16)14(9-20-3)17(13)18(19)21-4;1-6-10-13-12-8-9(16(18)21-17(3,4)5)15(20-12)14(13)11(7-2)19-10;1-5-9-12-13(10(6-2)19-9)15-11(16(17)18-7-3)8(4)14(12)20-15/h14-21H,5-13H2,1-4H3;11-18H,7-10H2,1-6H3;10-17H,5-9H2,1-4H3;9-15H,6-8H2,1-5H3;8-15H,5-7H2,1-4H3. The summed E-state index contributed by atoms with van der Waals surface area (Å²) in [5.41, 5.74) is -1.24. The first-order valence-electron chi connectivity index (χ1n) is 47.1. The highest BCUT2D eigenvalue weighted by Crippen LogP contribution is 2.71. The van der Waals surface area contributed by atoms with Crippen molar-refractivity contribution in [3.63, 3.8) is 0 Å². The molecule has 654 valence electrons. The molecule has 10 saturated carbocycles. The van der Waals surface area contributed by atoms with Crippen LogP contribution in [0.1, 0.15) is 273 Å². The highest BCUT2D eigenvalue weighted by molar-refractivity contribution is 5.85. The highest BCUT2D eigenvalue weighted by atomic mass is 16.6. The Labute approximate surface area is 692 Å². The second-order valence-electron chi connectivity index (χ2n) is 41.0. The summed E-state index contributed by atoms with van der Waals surface area (Å²) in [6.07, 6.45) is 25.8. The predicted molar refractivity (Wildman–Crippen MR) is 438 cm³/mol. The number of rotatable bonds is 22. The molecule has 0 aromatic heterocycles. The quantitative estimate of drug-likeness (QED) is 0.0724. The van der Waals surface area contributed by atoms with Gasteiger partial charge in [-0.15, -0.1) is 0 Å². The second-order valence-corrected chi connectivity index (χ2v) is 41.0. The Balaban J connectivity index is 0.000000133. The molecule has 39 atom stereocenters. The van der Waals surface area contributed by atoms with E-state index < -0.39 is 11.2 Å². The molecule has 19 nitrogen and oxygen atoms in total. The van der Waals surface area contributed by atoms with Crippen LogP contribution in [-0.2, 0) is 90.4 Å². The molecule has 10 bridgehead atoms. The Morgan fingerprint density at radius 3 is 1.11 bits per heavy atom. The Kier molecular flexibility index (Phi) is 29.1. The van der Waals surface area contributed by atoms with E-state index in [0.717, 1.165) is 107 Å². The number of ether oxygens (including phenoxy) is 12. The smallest absolute Gasteiger partial charge is 0.312 e. The van der Waals surface area contributed by atoms with Crippen molar-refractivity contribution in [2.75, 3.05) is 41.7 Å². The van der Waals surface area contributed by atoms with Crippen LogP contribution in [0.25, 0.3) is 0 Å². The number of hydrogen-bond acceptors (Lipinski definition) is 19. The first-order valence-corrected chi connectivity index (χ1v) is 47.1. The average molecular weight is 1610 g/mol. The van der Waals surface area contributed by atoms with E-state index in [4.69, 9.17) is 56.8 Å². The summed E-state index contributed by atoms with van der Waals surface area (Å²) in [5, 5.41) is 0. The van der Waals surface area contributed by atoms with Gasteiger partial charge in [0.15, 0.2) is 0 Å². The SMILES string of the molecule is CCC1CC(CC)C2C3CC(C(C(=O)OC)C3C(=O)OC(C)(C)C)C12.CCC1CC(CC)C2C3CC(C(C(=O)OC)C3C(=O)OC3(CC)CCCC3)C12.CCC1CC(CC)C2C3CC(C(COC)C3C(=O)OC)C12.CCC1OC(CC)C2C3OC(CC3C(=O)OC(C)(C)C)C12.CCOC(=O)C1C(C)C2OC1C1C(CC)OC(CC)C21. The number of methoxy groups -OCH3 is 4. The molecule has 19 heteroatoms. The van der Waals surface area contributed by atoms with Crippen LogP contribution >= 0.6 is 0 Å². The maximum atomic E-state index is 13.5. The molecule has 115 heavy (non-hydrogen) atoms. The third kappa shape index (κ3) is 16.5. The topological polar surface area (TPSA) is 230 Å². The summed E-state index contributed by atoms with van der Waals surface area (Å²) in [4.78, 5) is 88.9. The zero-order chi connectivity index (χ0) is 83.5. The first-order chi connectivity index (χ1) is 54.9. The Morgan fingerprint density at radius 2 is 0.722 bits per heavy atom. The average Bonchev–Trinajstić information content (AvgIpc) is 1.56. The van der Waals surface area contributed by atoms with Crippen LogP contribution in [0.15, 0.2) is 0 Å². The van der Waals surface area contributed by atoms with Crippen LogP contribution in [0.2, 0.25) is 0 Å². The van der Waals surface area contributed by atoms with Gasteiger partial charge >= 0.3 is 41.8 Å². The fraction of sp³-hybridized carbons (Fsp3) is 0.927. The van der Waals surface area contributed by atoms with E-state index in [9.17, 15) is 33.6 Å². The van der Waals surface area contributed by atoms with Crippen LogP contribution in [0, 0.1) is 183 Å².